The highest BCUT2D eigenvalue weighted by Gasteiger charge is 2.14. The van der Waals surface area contributed by atoms with Crippen molar-refractivity contribution in [3.8, 4) is 0 Å². The average Bonchev–Trinajstić information content (AvgIpc) is 2.38. The van der Waals surface area contributed by atoms with Gasteiger partial charge in [0.05, 0.1) is 18.7 Å². The highest BCUT2D eigenvalue weighted by atomic mass is 16.1. The molecule has 1 aliphatic heterocycles. The van der Waals surface area contributed by atoms with Crippen molar-refractivity contribution < 1.29 is 9.69 Å². The summed E-state index contributed by atoms with van der Waals surface area (Å²) < 4.78 is 0. The smallest absolute Gasteiger partial charge is 0.257 e. The number of nitrogens with zero attached hydrogens (tertiary/aromatic N) is 1. The first-order chi connectivity index (χ1) is 7.86. The predicted octanol–water partition coefficient (Wildman–Crippen LogP) is -0.162. The number of quaternary nitrogens is 1. The maximum atomic E-state index is 11.7. The first-order valence-electron chi connectivity index (χ1n) is 5.88. The zero-order chi connectivity index (χ0) is 11.2. The Kier molecular flexibility index (Phi) is 3.88. The van der Waals surface area contributed by atoms with Gasteiger partial charge in [-0.3, -0.25) is 9.78 Å². The molecule has 1 aliphatic rings. The highest BCUT2D eigenvalue weighted by molar-refractivity contribution is 5.93. The molecule has 1 fully saturated rings. The molecule has 2 heterocycles. The van der Waals surface area contributed by atoms with Crippen LogP contribution >= 0.6 is 0 Å². The molecule has 0 bridgehead atoms. The van der Waals surface area contributed by atoms with E-state index in [0.29, 0.717) is 5.56 Å². The van der Waals surface area contributed by atoms with E-state index in [9.17, 15) is 4.79 Å². The van der Waals surface area contributed by atoms with Crippen LogP contribution in [0.3, 0.4) is 0 Å². The van der Waals surface area contributed by atoms with Crippen LogP contribution in [0.25, 0.3) is 0 Å². The zero-order valence-electron chi connectivity index (χ0n) is 9.41. The number of amides is 1. The number of carbonyl (C=O) groups is 1. The quantitative estimate of drug-likeness (QED) is 0.743. The fraction of sp³-hybridized carbons (Fsp3) is 0.500. The minimum Gasteiger partial charge on any atom is -0.318 e. The maximum Gasteiger partial charge on any atom is 0.257 e. The van der Waals surface area contributed by atoms with Gasteiger partial charge in [0.1, 0.15) is 0 Å². The molecule has 0 saturated carbocycles. The summed E-state index contributed by atoms with van der Waals surface area (Å²) in [5, 5.41) is 2.95. The molecule has 0 radical (unpaired) electrons. The number of likely N-dealkylation sites (tertiary alicyclic amines) is 1. The van der Waals surface area contributed by atoms with E-state index in [1.807, 2.05) is 0 Å². The monoisotopic (exact) mass is 220 g/mol. The SMILES string of the molecule is O=C(NC[NH+]1CCCCC1)c1cccnc1. The average molecular weight is 220 g/mol. The first kappa shape index (κ1) is 11.1. The lowest BCUT2D eigenvalue weighted by Crippen LogP contribution is -3.14. The summed E-state index contributed by atoms with van der Waals surface area (Å²) in [6.07, 6.45) is 7.16. The molecular weight excluding hydrogens is 202 g/mol. The summed E-state index contributed by atoms with van der Waals surface area (Å²) in [7, 11) is 0. The van der Waals surface area contributed by atoms with E-state index in [2.05, 4.69) is 10.3 Å². The van der Waals surface area contributed by atoms with E-state index in [4.69, 9.17) is 0 Å². The van der Waals surface area contributed by atoms with Crippen LogP contribution in [0, 0.1) is 0 Å². The Morgan fingerprint density at radius 3 is 2.88 bits per heavy atom. The number of hydrogen-bond donors (Lipinski definition) is 2. The van der Waals surface area contributed by atoms with Crippen LogP contribution in [0.1, 0.15) is 29.6 Å². The Morgan fingerprint density at radius 1 is 1.38 bits per heavy atom. The number of piperidine rings is 1. The molecule has 1 saturated heterocycles. The number of hydrogen-bond acceptors (Lipinski definition) is 2. The molecule has 0 spiro atoms. The number of aromatic nitrogens is 1. The van der Waals surface area contributed by atoms with E-state index < -0.39 is 0 Å². The molecule has 1 aromatic heterocycles. The van der Waals surface area contributed by atoms with Crippen LogP contribution in [-0.4, -0.2) is 30.6 Å². The van der Waals surface area contributed by atoms with E-state index >= 15 is 0 Å². The Bertz CT molecular complexity index is 333. The van der Waals surface area contributed by atoms with Crippen molar-refractivity contribution in [2.24, 2.45) is 0 Å². The molecule has 1 amide bonds. The van der Waals surface area contributed by atoms with Crippen LogP contribution in [0.15, 0.2) is 24.5 Å². The lowest BCUT2D eigenvalue weighted by molar-refractivity contribution is -0.906. The van der Waals surface area contributed by atoms with Crippen molar-refractivity contribution in [2.45, 2.75) is 19.3 Å². The standard InChI is InChI=1S/C12H17N3O/c16-12(11-5-4-6-13-9-11)14-10-15-7-2-1-3-8-15/h4-6,9H,1-3,7-8,10H2,(H,14,16)/p+1. The lowest BCUT2D eigenvalue weighted by Gasteiger charge is -2.23. The molecule has 4 heteroatoms. The first-order valence-corrected chi connectivity index (χ1v) is 5.88. The summed E-state index contributed by atoms with van der Waals surface area (Å²) in [4.78, 5) is 17.1. The van der Waals surface area contributed by atoms with Gasteiger partial charge in [-0.1, -0.05) is 0 Å². The van der Waals surface area contributed by atoms with Gasteiger partial charge in [-0.2, -0.15) is 0 Å². The predicted molar refractivity (Wildman–Crippen MR) is 61.1 cm³/mol. The molecule has 0 aliphatic carbocycles. The topological polar surface area (TPSA) is 46.4 Å². The van der Waals surface area contributed by atoms with Crippen LogP contribution in [-0.2, 0) is 0 Å². The van der Waals surface area contributed by atoms with Crippen molar-refractivity contribution in [1.82, 2.24) is 10.3 Å². The highest BCUT2D eigenvalue weighted by Crippen LogP contribution is 1.95. The summed E-state index contributed by atoms with van der Waals surface area (Å²) in [6, 6.07) is 3.57. The molecule has 86 valence electrons. The molecule has 0 aromatic carbocycles. The van der Waals surface area contributed by atoms with E-state index in [1.165, 1.54) is 37.3 Å². The summed E-state index contributed by atoms with van der Waals surface area (Å²) in [5.41, 5.74) is 0.638. The lowest BCUT2D eigenvalue weighted by atomic mass is 10.1. The largest absolute Gasteiger partial charge is 0.318 e. The van der Waals surface area contributed by atoms with Crippen LogP contribution in [0.4, 0.5) is 0 Å². The number of nitrogens with one attached hydrogen (secondary N) is 2. The Morgan fingerprint density at radius 2 is 2.19 bits per heavy atom. The van der Waals surface area contributed by atoms with Crippen molar-refractivity contribution in [3.63, 3.8) is 0 Å². The molecule has 16 heavy (non-hydrogen) atoms. The number of rotatable bonds is 3. The van der Waals surface area contributed by atoms with Gasteiger partial charge in [-0.15, -0.1) is 0 Å². The van der Waals surface area contributed by atoms with Gasteiger partial charge >= 0.3 is 0 Å². The number of pyridine rings is 1. The molecule has 1 aromatic rings. The third kappa shape index (κ3) is 3.03. The van der Waals surface area contributed by atoms with Gasteiger partial charge in [-0.05, 0) is 31.4 Å². The number of carbonyl (C=O) groups excluding carboxylic acids is 1. The van der Waals surface area contributed by atoms with Crippen molar-refractivity contribution in [1.29, 1.82) is 0 Å². The van der Waals surface area contributed by atoms with Gasteiger partial charge in [0.2, 0.25) is 0 Å². The van der Waals surface area contributed by atoms with Gasteiger partial charge in [0.25, 0.3) is 5.91 Å². The van der Waals surface area contributed by atoms with E-state index in [-0.39, 0.29) is 5.91 Å². The van der Waals surface area contributed by atoms with Gasteiger partial charge in [0.15, 0.2) is 6.67 Å². The second-order valence-corrected chi connectivity index (χ2v) is 4.24. The van der Waals surface area contributed by atoms with E-state index in [1.54, 1.807) is 24.5 Å². The van der Waals surface area contributed by atoms with Gasteiger partial charge in [0, 0.05) is 12.4 Å². The third-order valence-electron chi connectivity index (χ3n) is 2.98. The van der Waals surface area contributed by atoms with Gasteiger partial charge in [-0.25, -0.2) is 0 Å². The van der Waals surface area contributed by atoms with E-state index in [0.717, 1.165) is 6.67 Å². The minimum absolute atomic E-state index is 0.0221. The Hall–Kier alpha value is -1.42. The molecule has 0 unspecified atom stereocenters. The molecule has 4 nitrogen and oxygen atoms in total. The Balaban J connectivity index is 1.79. The fourth-order valence-electron chi connectivity index (χ4n) is 2.03. The third-order valence-corrected chi connectivity index (χ3v) is 2.98. The maximum absolute atomic E-state index is 11.7. The summed E-state index contributed by atoms with van der Waals surface area (Å²) in [5.74, 6) is -0.0221. The minimum atomic E-state index is -0.0221. The molecule has 2 rings (SSSR count). The van der Waals surface area contributed by atoms with Crippen molar-refractivity contribution >= 4 is 5.91 Å². The molecule has 2 N–H and O–H groups in total. The molecule has 0 atom stereocenters. The van der Waals surface area contributed by atoms with Crippen LogP contribution in [0.5, 0.6) is 0 Å². The van der Waals surface area contributed by atoms with Crippen molar-refractivity contribution in [3.05, 3.63) is 30.1 Å². The normalized spacial score (nSPS) is 17.0. The van der Waals surface area contributed by atoms with Crippen LogP contribution < -0.4 is 10.2 Å². The van der Waals surface area contributed by atoms with Crippen LogP contribution in [0.2, 0.25) is 0 Å². The zero-order valence-corrected chi connectivity index (χ0v) is 9.41. The van der Waals surface area contributed by atoms with Crippen molar-refractivity contribution in [2.75, 3.05) is 19.8 Å². The molecular formula is C12H18N3O+. The summed E-state index contributed by atoms with van der Waals surface area (Å²) in [6.45, 7) is 3.08. The fourth-order valence-corrected chi connectivity index (χ4v) is 2.03. The van der Waals surface area contributed by atoms with Gasteiger partial charge < -0.3 is 10.2 Å². The Labute approximate surface area is 95.7 Å². The second-order valence-electron chi connectivity index (χ2n) is 4.24. The summed E-state index contributed by atoms with van der Waals surface area (Å²) >= 11 is 0. The second kappa shape index (κ2) is 5.61.